The molecule has 3 rings (SSSR count). The van der Waals surface area contributed by atoms with Gasteiger partial charge in [0.25, 0.3) is 10.0 Å². The van der Waals surface area contributed by atoms with E-state index in [1.165, 1.54) is 6.07 Å². The lowest BCUT2D eigenvalue weighted by Crippen LogP contribution is -2.14. The van der Waals surface area contributed by atoms with Crippen LogP contribution in [0.3, 0.4) is 0 Å². The second-order valence-corrected chi connectivity index (χ2v) is 8.37. The molecule has 0 bridgehead atoms. The average Bonchev–Trinajstić information content (AvgIpc) is 2.67. The lowest BCUT2D eigenvalue weighted by atomic mass is 10.2. The van der Waals surface area contributed by atoms with Crippen molar-refractivity contribution in [2.45, 2.75) is 24.9 Å². The van der Waals surface area contributed by atoms with Crippen molar-refractivity contribution < 1.29 is 21.6 Å². The van der Waals surface area contributed by atoms with Gasteiger partial charge in [0.15, 0.2) is 0 Å². The number of rotatable bonds is 5. The molecule has 1 N–H and O–H groups in total. The summed E-state index contributed by atoms with van der Waals surface area (Å²) in [5.74, 6) is 0. The van der Waals surface area contributed by atoms with Crippen LogP contribution in [-0.4, -0.2) is 8.42 Å². The molecule has 0 fully saturated rings. The first kappa shape index (κ1) is 21.5. The van der Waals surface area contributed by atoms with Crippen molar-refractivity contribution in [3.8, 4) is 0 Å². The highest BCUT2D eigenvalue weighted by atomic mass is 32.2. The Kier molecular flexibility index (Phi) is 5.93. The smallest absolute Gasteiger partial charge is 0.277 e. The number of hydrogen-bond acceptors (Lipinski definition) is 4. The van der Waals surface area contributed by atoms with Gasteiger partial charge in [-0.05, 0) is 73.5 Å². The summed E-state index contributed by atoms with van der Waals surface area (Å²) in [6, 6.07) is 15.5. The van der Waals surface area contributed by atoms with Gasteiger partial charge in [-0.1, -0.05) is 18.2 Å². The quantitative estimate of drug-likeness (QED) is 0.464. The molecule has 0 aliphatic carbocycles. The van der Waals surface area contributed by atoms with E-state index in [2.05, 4.69) is 15.0 Å². The van der Waals surface area contributed by atoms with E-state index in [1.807, 2.05) is 32.0 Å². The van der Waals surface area contributed by atoms with Crippen LogP contribution in [0.4, 0.5) is 30.2 Å². The summed E-state index contributed by atoms with van der Waals surface area (Å²) in [5.41, 5.74) is 1.96. The third kappa shape index (κ3) is 5.24. The van der Waals surface area contributed by atoms with Gasteiger partial charge in [0.1, 0.15) is 5.69 Å². The Bertz CT molecular complexity index is 1190. The highest BCUT2D eigenvalue weighted by molar-refractivity contribution is 7.92. The average molecular weight is 433 g/mol. The minimum Gasteiger partial charge on any atom is -0.277 e. The van der Waals surface area contributed by atoms with E-state index >= 15 is 0 Å². The second-order valence-electron chi connectivity index (χ2n) is 6.69. The van der Waals surface area contributed by atoms with Gasteiger partial charge in [0.05, 0.1) is 21.8 Å². The number of azo groups is 1. The van der Waals surface area contributed by atoms with Gasteiger partial charge in [0, 0.05) is 0 Å². The third-order valence-corrected chi connectivity index (χ3v) is 5.55. The van der Waals surface area contributed by atoms with Crippen LogP contribution in [0.1, 0.15) is 16.7 Å². The summed E-state index contributed by atoms with van der Waals surface area (Å²) in [5, 5.41) is 8.30. The zero-order valence-electron chi connectivity index (χ0n) is 16.1. The molecule has 0 heterocycles. The predicted molar refractivity (Wildman–Crippen MR) is 109 cm³/mol. The first-order valence-corrected chi connectivity index (χ1v) is 10.3. The van der Waals surface area contributed by atoms with Crippen LogP contribution in [0.5, 0.6) is 0 Å². The fourth-order valence-electron chi connectivity index (χ4n) is 2.64. The van der Waals surface area contributed by atoms with Crippen molar-refractivity contribution in [1.29, 1.82) is 0 Å². The van der Waals surface area contributed by atoms with Crippen molar-refractivity contribution in [1.82, 2.24) is 0 Å². The number of benzene rings is 3. The van der Waals surface area contributed by atoms with E-state index in [4.69, 9.17) is 0 Å². The summed E-state index contributed by atoms with van der Waals surface area (Å²) in [6.45, 7) is 3.73. The Balaban J connectivity index is 1.90. The maximum atomic E-state index is 12.7. The van der Waals surface area contributed by atoms with Crippen LogP contribution in [-0.2, 0) is 16.2 Å². The molecule has 0 aromatic heterocycles. The standard InChI is InChI=1S/C21H18F3N3O2S/c1-14-4-3-5-17(12-14)25-26-20-13-15(2)6-11-19(20)27-30(28,29)18-9-7-16(8-10-18)21(22,23)24/h3-13,27H,1-2H3. The molecule has 0 spiro atoms. The maximum absolute atomic E-state index is 12.7. The minimum atomic E-state index is -4.55. The molecular formula is C21H18F3N3O2S. The topological polar surface area (TPSA) is 70.9 Å². The number of halogens is 3. The molecule has 0 aliphatic heterocycles. The number of nitrogens with one attached hydrogen (secondary N) is 1. The Labute approximate surface area is 172 Å². The van der Waals surface area contributed by atoms with Gasteiger partial charge in [0.2, 0.25) is 0 Å². The fourth-order valence-corrected chi connectivity index (χ4v) is 3.71. The molecule has 0 unspecified atom stereocenters. The van der Waals surface area contributed by atoms with Crippen LogP contribution in [0.25, 0.3) is 0 Å². The van der Waals surface area contributed by atoms with Crippen LogP contribution in [0, 0.1) is 13.8 Å². The SMILES string of the molecule is Cc1cccc(N=Nc2cc(C)ccc2NS(=O)(=O)c2ccc(C(F)(F)F)cc2)c1. The minimum absolute atomic E-state index is 0.164. The zero-order chi connectivity index (χ0) is 21.9. The van der Waals surface area contributed by atoms with Crippen LogP contribution >= 0.6 is 0 Å². The number of hydrogen-bond donors (Lipinski definition) is 1. The second kappa shape index (κ2) is 8.27. The van der Waals surface area contributed by atoms with Gasteiger partial charge in [-0.15, -0.1) is 5.11 Å². The van der Waals surface area contributed by atoms with E-state index in [9.17, 15) is 21.6 Å². The highest BCUT2D eigenvalue weighted by Gasteiger charge is 2.30. The predicted octanol–water partition coefficient (Wildman–Crippen LogP) is 6.54. The molecule has 0 atom stereocenters. The van der Waals surface area contributed by atoms with Crippen LogP contribution in [0.2, 0.25) is 0 Å². The van der Waals surface area contributed by atoms with Crippen molar-refractivity contribution in [2.75, 3.05) is 4.72 Å². The molecule has 0 amide bonds. The van der Waals surface area contributed by atoms with E-state index in [0.29, 0.717) is 5.69 Å². The van der Waals surface area contributed by atoms with Gasteiger partial charge < -0.3 is 0 Å². The largest absolute Gasteiger partial charge is 0.416 e. The highest BCUT2D eigenvalue weighted by Crippen LogP contribution is 2.32. The van der Waals surface area contributed by atoms with E-state index in [0.717, 1.165) is 35.4 Å². The molecule has 3 aromatic carbocycles. The number of nitrogens with zero attached hydrogens (tertiary/aromatic N) is 2. The molecule has 0 radical (unpaired) electrons. The van der Waals surface area contributed by atoms with Crippen LogP contribution < -0.4 is 4.72 Å². The van der Waals surface area contributed by atoms with Crippen molar-refractivity contribution in [3.05, 3.63) is 83.4 Å². The molecule has 0 saturated heterocycles. The van der Waals surface area contributed by atoms with Crippen LogP contribution in [0.15, 0.2) is 81.9 Å². The van der Waals surface area contributed by atoms with Crippen molar-refractivity contribution in [2.24, 2.45) is 10.2 Å². The number of sulfonamides is 1. The number of aryl methyl sites for hydroxylation is 2. The molecule has 0 saturated carbocycles. The lowest BCUT2D eigenvalue weighted by molar-refractivity contribution is -0.137. The summed E-state index contributed by atoms with van der Waals surface area (Å²) < 4.78 is 65.8. The molecular weight excluding hydrogens is 415 g/mol. The fraction of sp³-hybridized carbons (Fsp3) is 0.143. The van der Waals surface area contributed by atoms with Crippen molar-refractivity contribution in [3.63, 3.8) is 0 Å². The summed E-state index contributed by atoms with van der Waals surface area (Å²) in [7, 11) is -4.12. The molecule has 156 valence electrons. The summed E-state index contributed by atoms with van der Waals surface area (Å²) in [6.07, 6.45) is -4.55. The van der Waals surface area contributed by atoms with E-state index in [1.54, 1.807) is 18.2 Å². The molecule has 9 heteroatoms. The Morgan fingerprint density at radius 2 is 1.50 bits per heavy atom. The lowest BCUT2D eigenvalue weighted by Gasteiger charge is -2.12. The van der Waals surface area contributed by atoms with Crippen molar-refractivity contribution >= 4 is 27.1 Å². The van der Waals surface area contributed by atoms with E-state index < -0.39 is 21.8 Å². The van der Waals surface area contributed by atoms with Gasteiger partial charge in [-0.2, -0.15) is 18.3 Å². The third-order valence-electron chi connectivity index (χ3n) is 4.16. The van der Waals surface area contributed by atoms with E-state index in [-0.39, 0.29) is 16.3 Å². The Morgan fingerprint density at radius 1 is 0.833 bits per heavy atom. The molecule has 0 aliphatic rings. The summed E-state index contributed by atoms with van der Waals surface area (Å²) >= 11 is 0. The van der Waals surface area contributed by atoms with Gasteiger partial charge in [-0.25, -0.2) is 8.42 Å². The first-order valence-electron chi connectivity index (χ1n) is 8.84. The normalized spacial score (nSPS) is 12.3. The molecule has 30 heavy (non-hydrogen) atoms. The Hall–Kier alpha value is -3.20. The number of anilines is 1. The Morgan fingerprint density at radius 3 is 2.13 bits per heavy atom. The molecule has 5 nitrogen and oxygen atoms in total. The monoisotopic (exact) mass is 433 g/mol. The first-order chi connectivity index (χ1) is 14.0. The van der Waals surface area contributed by atoms with Gasteiger partial charge in [-0.3, -0.25) is 4.72 Å². The summed E-state index contributed by atoms with van der Waals surface area (Å²) in [4.78, 5) is -0.294. The van der Waals surface area contributed by atoms with Gasteiger partial charge >= 0.3 is 6.18 Å². The molecule has 3 aromatic rings. The zero-order valence-corrected chi connectivity index (χ0v) is 16.9. The maximum Gasteiger partial charge on any atom is 0.416 e. The number of alkyl halides is 3.